The van der Waals surface area contributed by atoms with Gasteiger partial charge in [0.2, 0.25) is 11.8 Å². The van der Waals surface area contributed by atoms with Crippen LogP contribution in [-0.4, -0.2) is 37.6 Å². The van der Waals surface area contributed by atoms with Crippen LogP contribution in [0.5, 0.6) is 0 Å². The van der Waals surface area contributed by atoms with Gasteiger partial charge in [0.25, 0.3) is 10.0 Å². The number of nitrogens with two attached hydrogens (primary N) is 1. The third-order valence-electron chi connectivity index (χ3n) is 4.41. The van der Waals surface area contributed by atoms with Crippen molar-refractivity contribution in [1.82, 2.24) is 4.31 Å². The van der Waals surface area contributed by atoms with Crippen molar-refractivity contribution < 1.29 is 18.0 Å². The van der Waals surface area contributed by atoms with Crippen molar-refractivity contribution in [2.45, 2.75) is 30.4 Å². The molecule has 1 fully saturated rings. The molecule has 0 atom stereocenters. The Bertz CT molecular complexity index is 976. The molecule has 0 unspecified atom stereocenters. The minimum Gasteiger partial charge on any atom is -0.366 e. The summed E-state index contributed by atoms with van der Waals surface area (Å²) in [6.45, 7) is 2.85. The Morgan fingerprint density at radius 3 is 2.52 bits per heavy atom. The molecule has 1 aromatic carbocycles. The van der Waals surface area contributed by atoms with Crippen molar-refractivity contribution in [2.75, 3.05) is 18.4 Å². The number of nitrogens with zero attached hydrogens (tertiary/aromatic N) is 1. The zero-order chi connectivity index (χ0) is 19.6. The maximum Gasteiger partial charge on any atom is 0.252 e. The predicted octanol–water partition coefficient (Wildman–Crippen LogP) is 2.12. The molecule has 27 heavy (non-hydrogen) atoms. The molecule has 1 saturated heterocycles. The van der Waals surface area contributed by atoms with E-state index in [9.17, 15) is 18.0 Å². The molecule has 144 valence electrons. The van der Waals surface area contributed by atoms with Crippen molar-refractivity contribution in [3.05, 3.63) is 46.3 Å². The number of thiophene rings is 1. The molecular weight excluding hydrogens is 386 g/mol. The van der Waals surface area contributed by atoms with Gasteiger partial charge in [0.15, 0.2) is 0 Å². The Morgan fingerprint density at radius 2 is 1.89 bits per heavy atom. The molecule has 0 spiro atoms. The van der Waals surface area contributed by atoms with Crippen LogP contribution in [-0.2, 0) is 21.2 Å². The molecule has 9 heteroatoms. The minimum atomic E-state index is -3.45. The number of carbonyl (C=O) groups excluding carboxylic acids is 2. The van der Waals surface area contributed by atoms with Gasteiger partial charge in [-0.1, -0.05) is 0 Å². The summed E-state index contributed by atoms with van der Waals surface area (Å²) in [6.07, 6.45) is 1.85. The fourth-order valence-corrected chi connectivity index (χ4v) is 6.05. The van der Waals surface area contributed by atoms with Gasteiger partial charge in [-0.05, 0) is 55.7 Å². The first-order chi connectivity index (χ1) is 12.8. The smallest absolute Gasteiger partial charge is 0.252 e. The zero-order valence-electron chi connectivity index (χ0n) is 14.9. The van der Waals surface area contributed by atoms with E-state index < -0.39 is 15.9 Å². The SMILES string of the molecule is Cc1cc(NC(=O)Cc2ccc(S(=O)(=O)N3CCCC3)s2)ccc1C(N)=O. The van der Waals surface area contributed by atoms with Crippen molar-refractivity contribution in [2.24, 2.45) is 5.73 Å². The fraction of sp³-hybridized carbons (Fsp3) is 0.333. The van der Waals surface area contributed by atoms with Gasteiger partial charge in [0.1, 0.15) is 4.21 Å². The third kappa shape index (κ3) is 4.37. The van der Waals surface area contributed by atoms with Gasteiger partial charge in [-0.25, -0.2) is 8.42 Å². The van der Waals surface area contributed by atoms with E-state index in [1.807, 2.05) is 0 Å². The van der Waals surface area contributed by atoms with Gasteiger partial charge in [0.05, 0.1) is 6.42 Å². The highest BCUT2D eigenvalue weighted by Crippen LogP contribution is 2.27. The van der Waals surface area contributed by atoms with Crippen LogP contribution in [0.1, 0.15) is 33.6 Å². The summed E-state index contributed by atoms with van der Waals surface area (Å²) in [4.78, 5) is 24.2. The van der Waals surface area contributed by atoms with Crippen LogP contribution in [0.4, 0.5) is 5.69 Å². The van der Waals surface area contributed by atoms with Gasteiger partial charge in [-0.2, -0.15) is 4.31 Å². The number of primary amides is 1. The number of anilines is 1. The number of aryl methyl sites for hydroxylation is 1. The molecule has 1 aliphatic heterocycles. The maximum atomic E-state index is 12.5. The van der Waals surface area contributed by atoms with Crippen LogP contribution < -0.4 is 11.1 Å². The van der Waals surface area contributed by atoms with Crippen molar-refractivity contribution in [3.63, 3.8) is 0 Å². The van der Waals surface area contributed by atoms with E-state index in [0.29, 0.717) is 34.8 Å². The Labute approximate surface area is 162 Å². The molecule has 0 bridgehead atoms. The van der Waals surface area contributed by atoms with E-state index in [-0.39, 0.29) is 16.5 Å². The van der Waals surface area contributed by atoms with Crippen molar-refractivity contribution >= 4 is 38.9 Å². The summed E-state index contributed by atoms with van der Waals surface area (Å²) < 4.78 is 26.9. The lowest BCUT2D eigenvalue weighted by Gasteiger charge is -2.13. The first-order valence-electron chi connectivity index (χ1n) is 8.56. The maximum absolute atomic E-state index is 12.5. The van der Waals surface area contributed by atoms with Gasteiger partial charge in [-0.15, -0.1) is 11.3 Å². The van der Waals surface area contributed by atoms with Crippen LogP contribution in [0.15, 0.2) is 34.5 Å². The standard InChI is InChI=1S/C18H21N3O4S2/c1-12-10-13(4-6-15(12)18(19)23)20-16(22)11-14-5-7-17(26-14)27(24,25)21-8-2-3-9-21/h4-7,10H,2-3,8-9,11H2,1H3,(H2,19,23)(H,20,22). The molecular formula is C18H21N3O4S2. The van der Waals surface area contributed by atoms with Gasteiger partial charge in [-0.3, -0.25) is 9.59 Å². The van der Waals surface area contributed by atoms with E-state index in [4.69, 9.17) is 5.73 Å². The lowest BCUT2D eigenvalue weighted by molar-refractivity contribution is -0.115. The Kier molecular flexibility index (Phi) is 5.64. The van der Waals surface area contributed by atoms with Crippen LogP contribution >= 0.6 is 11.3 Å². The number of rotatable bonds is 6. The van der Waals surface area contributed by atoms with Crippen LogP contribution in [0.25, 0.3) is 0 Å². The second-order valence-electron chi connectivity index (χ2n) is 6.45. The number of benzene rings is 1. The lowest BCUT2D eigenvalue weighted by Crippen LogP contribution is -2.27. The summed E-state index contributed by atoms with van der Waals surface area (Å²) in [7, 11) is -3.45. The molecule has 2 aromatic rings. The molecule has 2 heterocycles. The third-order valence-corrected chi connectivity index (χ3v) is 7.86. The fourth-order valence-electron chi connectivity index (χ4n) is 3.03. The van der Waals surface area contributed by atoms with Crippen molar-refractivity contribution in [1.29, 1.82) is 0 Å². The Balaban J connectivity index is 1.66. The summed E-state index contributed by atoms with van der Waals surface area (Å²) in [6, 6.07) is 8.10. The van der Waals surface area contributed by atoms with Gasteiger partial charge in [0, 0.05) is 29.2 Å². The van der Waals surface area contributed by atoms with Gasteiger partial charge >= 0.3 is 0 Å². The number of nitrogens with one attached hydrogen (secondary N) is 1. The number of sulfonamides is 1. The van der Waals surface area contributed by atoms with E-state index in [1.165, 1.54) is 4.31 Å². The van der Waals surface area contributed by atoms with Gasteiger partial charge < -0.3 is 11.1 Å². The van der Waals surface area contributed by atoms with Crippen LogP contribution in [0.2, 0.25) is 0 Å². The molecule has 0 saturated carbocycles. The summed E-state index contributed by atoms with van der Waals surface area (Å²) in [5.41, 5.74) is 6.91. The highest BCUT2D eigenvalue weighted by atomic mass is 32.2. The largest absolute Gasteiger partial charge is 0.366 e. The second kappa shape index (κ2) is 7.79. The highest BCUT2D eigenvalue weighted by molar-refractivity contribution is 7.91. The number of carbonyl (C=O) groups is 2. The van der Waals surface area contributed by atoms with Crippen molar-refractivity contribution in [3.8, 4) is 0 Å². The molecule has 7 nitrogen and oxygen atoms in total. The summed E-state index contributed by atoms with van der Waals surface area (Å²) in [5, 5.41) is 2.76. The van der Waals surface area contributed by atoms with E-state index in [1.54, 1.807) is 37.3 Å². The molecule has 1 aromatic heterocycles. The number of hydrogen-bond acceptors (Lipinski definition) is 5. The van der Waals surface area contributed by atoms with E-state index >= 15 is 0 Å². The molecule has 0 radical (unpaired) electrons. The van der Waals surface area contributed by atoms with E-state index in [0.717, 1.165) is 24.2 Å². The first-order valence-corrected chi connectivity index (χ1v) is 10.8. The average Bonchev–Trinajstić information content (AvgIpc) is 3.26. The molecule has 3 rings (SSSR count). The Morgan fingerprint density at radius 1 is 1.19 bits per heavy atom. The first kappa shape index (κ1) is 19.5. The topological polar surface area (TPSA) is 110 Å². The van der Waals surface area contributed by atoms with Crippen LogP contribution in [0, 0.1) is 6.92 Å². The summed E-state index contributed by atoms with van der Waals surface area (Å²) >= 11 is 1.12. The highest BCUT2D eigenvalue weighted by Gasteiger charge is 2.28. The molecule has 0 aliphatic carbocycles. The monoisotopic (exact) mass is 407 g/mol. The average molecular weight is 408 g/mol. The quantitative estimate of drug-likeness (QED) is 0.764. The summed E-state index contributed by atoms with van der Waals surface area (Å²) in [5.74, 6) is -0.774. The zero-order valence-corrected chi connectivity index (χ0v) is 16.5. The van der Waals surface area contributed by atoms with Crippen LogP contribution in [0.3, 0.4) is 0 Å². The number of hydrogen-bond donors (Lipinski definition) is 2. The molecule has 1 aliphatic rings. The number of amides is 2. The lowest BCUT2D eigenvalue weighted by atomic mass is 10.1. The molecule has 3 N–H and O–H groups in total. The minimum absolute atomic E-state index is 0.0802. The predicted molar refractivity (Wildman–Crippen MR) is 104 cm³/mol. The second-order valence-corrected chi connectivity index (χ2v) is 9.78. The molecule has 2 amide bonds. The Hall–Kier alpha value is -2.23. The van der Waals surface area contributed by atoms with E-state index in [2.05, 4.69) is 5.32 Å². The normalized spacial score (nSPS) is 15.0.